The average molecular weight is 230 g/mol. The van der Waals surface area contributed by atoms with Gasteiger partial charge < -0.3 is 10.8 Å². The Kier molecular flexibility index (Phi) is 2.61. The minimum atomic E-state index is -0.700. The van der Waals surface area contributed by atoms with Crippen LogP contribution in [0.3, 0.4) is 0 Å². The quantitative estimate of drug-likeness (QED) is 0.778. The monoisotopic (exact) mass is 229 g/mol. The lowest BCUT2D eigenvalue weighted by Gasteiger charge is -2.25. The van der Waals surface area contributed by atoms with E-state index in [0.29, 0.717) is 5.56 Å². The van der Waals surface area contributed by atoms with Crippen LogP contribution < -0.4 is 5.73 Å². The second-order valence-corrected chi connectivity index (χ2v) is 4.58. The molecule has 0 saturated heterocycles. The summed E-state index contributed by atoms with van der Waals surface area (Å²) in [5.41, 5.74) is 5.95. The smallest absolute Gasteiger partial charge is 0.166 e. The summed E-state index contributed by atoms with van der Waals surface area (Å²) >= 11 is 5.76. The van der Waals surface area contributed by atoms with E-state index in [0.717, 1.165) is 31.7 Å². The summed E-state index contributed by atoms with van der Waals surface area (Å²) in [4.78, 5) is 0. The standard InChI is InChI=1S/C11H13ClFNO/c12-7-5-8(10(15)9(13)6-7)11(14)3-1-2-4-11/h5-6,15H,1-4,14H2. The number of phenols is 1. The van der Waals surface area contributed by atoms with Crippen molar-refractivity contribution in [3.63, 3.8) is 0 Å². The summed E-state index contributed by atoms with van der Waals surface area (Å²) in [7, 11) is 0. The van der Waals surface area contributed by atoms with Crippen LogP contribution in [-0.4, -0.2) is 5.11 Å². The zero-order valence-electron chi connectivity index (χ0n) is 8.26. The molecule has 0 unspecified atom stereocenters. The zero-order chi connectivity index (χ0) is 11.1. The van der Waals surface area contributed by atoms with Crippen molar-refractivity contribution >= 4 is 11.6 Å². The Bertz CT molecular complexity index is 388. The lowest BCUT2D eigenvalue weighted by molar-refractivity contribution is 0.385. The molecule has 2 nitrogen and oxygen atoms in total. The van der Waals surface area contributed by atoms with Gasteiger partial charge in [0.15, 0.2) is 11.6 Å². The number of benzene rings is 1. The van der Waals surface area contributed by atoms with Crippen LogP contribution in [0.2, 0.25) is 5.02 Å². The minimum Gasteiger partial charge on any atom is -0.505 e. The van der Waals surface area contributed by atoms with Crippen LogP contribution in [0.1, 0.15) is 31.2 Å². The van der Waals surface area contributed by atoms with Gasteiger partial charge in [0.1, 0.15) is 0 Å². The van der Waals surface area contributed by atoms with E-state index in [2.05, 4.69) is 0 Å². The Hall–Kier alpha value is -0.800. The molecule has 1 saturated carbocycles. The van der Waals surface area contributed by atoms with Crippen molar-refractivity contribution in [2.45, 2.75) is 31.2 Å². The molecule has 1 aliphatic carbocycles. The lowest BCUT2D eigenvalue weighted by Crippen LogP contribution is -2.33. The van der Waals surface area contributed by atoms with E-state index in [1.807, 2.05) is 0 Å². The SMILES string of the molecule is NC1(c2cc(Cl)cc(F)c2O)CCCC1. The second kappa shape index (κ2) is 3.65. The first-order valence-electron chi connectivity index (χ1n) is 5.00. The molecule has 1 fully saturated rings. The van der Waals surface area contributed by atoms with Gasteiger partial charge in [0.2, 0.25) is 0 Å². The topological polar surface area (TPSA) is 46.2 Å². The highest BCUT2D eigenvalue weighted by atomic mass is 35.5. The minimum absolute atomic E-state index is 0.275. The van der Waals surface area contributed by atoms with Gasteiger partial charge in [0, 0.05) is 16.1 Å². The molecule has 0 atom stereocenters. The molecule has 3 N–H and O–H groups in total. The van der Waals surface area contributed by atoms with E-state index < -0.39 is 11.4 Å². The van der Waals surface area contributed by atoms with Crippen molar-refractivity contribution < 1.29 is 9.50 Å². The first kappa shape index (κ1) is 10.7. The molecule has 1 aliphatic rings. The van der Waals surface area contributed by atoms with Crippen LogP contribution >= 0.6 is 11.6 Å². The molecule has 1 aromatic carbocycles. The number of hydrogen-bond acceptors (Lipinski definition) is 2. The first-order chi connectivity index (χ1) is 7.03. The number of rotatable bonds is 1. The Morgan fingerprint density at radius 1 is 1.33 bits per heavy atom. The van der Waals surface area contributed by atoms with E-state index in [1.54, 1.807) is 6.07 Å². The molecule has 0 aromatic heterocycles. The maximum Gasteiger partial charge on any atom is 0.166 e. The van der Waals surface area contributed by atoms with Crippen LogP contribution in [0.4, 0.5) is 4.39 Å². The van der Waals surface area contributed by atoms with Gasteiger partial charge in [-0.05, 0) is 25.0 Å². The molecule has 0 amide bonds. The van der Waals surface area contributed by atoms with Gasteiger partial charge in [-0.3, -0.25) is 0 Å². The third kappa shape index (κ3) is 1.82. The molecule has 15 heavy (non-hydrogen) atoms. The molecule has 0 heterocycles. The van der Waals surface area contributed by atoms with Crippen molar-refractivity contribution in [1.82, 2.24) is 0 Å². The molecule has 0 spiro atoms. The van der Waals surface area contributed by atoms with E-state index in [1.165, 1.54) is 0 Å². The highest BCUT2D eigenvalue weighted by molar-refractivity contribution is 6.30. The van der Waals surface area contributed by atoms with Crippen molar-refractivity contribution in [1.29, 1.82) is 0 Å². The molecule has 82 valence electrons. The van der Waals surface area contributed by atoms with Crippen LogP contribution in [0, 0.1) is 5.82 Å². The van der Waals surface area contributed by atoms with E-state index >= 15 is 0 Å². The van der Waals surface area contributed by atoms with Gasteiger partial charge in [-0.2, -0.15) is 0 Å². The van der Waals surface area contributed by atoms with Crippen molar-refractivity contribution in [3.05, 3.63) is 28.5 Å². The van der Waals surface area contributed by atoms with Crippen LogP contribution in [0.25, 0.3) is 0 Å². The summed E-state index contributed by atoms with van der Waals surface area (Å²) in [6.07, 6.45) is 3.54. The van der Waals surface area contributed by atoms with Crippen molar-refractivity contribution in [2.24, 2.45) is 5.73 Å². The number of nitrogens with two attached hydrogens (primary N) is 1. The zero-order valence-corrected chi connectivity index (χ0v) is 9.02. The highest BCUT2D eigenvalue weighted by Crippen LogP contribution is 2.42. The molecule has 2 rings (SSSR count). The fourth-order valence-electron chi connectivity index (χ4n) is 2.22. The molecular formula is C11H13ClFNO. The predicted molar refractivity (Wildman–Crippen MR) is 57.4 cm³/mol. The summed E-state index contributed by atoms with van der Waals surface area (Å²) in [6.45, 7) is 0. The molecule has 0 radical (unpaired) electrons. The number of halogens is 2. The third-order valence-electron chi connectivity index (χ3n) is 3.06. The molecule has 0 aliphatic heterocycles. The summed E-state index contributed by atoms with van der Waals surface area (Å²) in [5, 5.41) is 9.91. The molecular weight excluding hydrogens is 217 g/mol. The van der Waals surface area contributed by atoms with E-state index in [-0.39, 0.29) is 10.8 Å². The van der Waals surface area contributed by atoms with Crippen LogP contribution in [0.5, 0.6) is 5.75 Å². The maximum absolute atomic E-state index is 13.3. The van der Waals surface area contributed by atoms with Crippen molar-refractivity contribution in [3.8, 4) is 5.75 Å². The van der Waals surface area contributed by atoms with Gasteiger partial charge in [-0.25, -0.2) is 4.39 Å². The van der Waals surface area contributed by atoms with Gasteiger partial charge >= 0.3 is 0 Å². The fraction of sp³-hybridized carbons (Fsp3) is 0.455. The Balaban J connectivity index is 2.51. The molecule has 1 aromatic rings. The maximum atomic E-state index is 13.3. The summed E-state index contributed by atoms with van der Waals surface area (Å²) < 4.78 is 13.3. The van der Waals surface area contributed by atoms with Gasteiger partial charge in [0.05, 0.1) is 0 Å². The van der Waals surface area contributed by atoms with E-state index in [4.69, 9.17) is 17.3 Å². The highest BCUT2D eigenvalue weighted by Gasteiger charge is 2.34. The molecule has 0 bridgehead atoms. The predicted octanol–water partition coefficient (Wildman–Crippen LogP) is 2.91. The third-order valence-corrected chi connectivity index (χ3v) is 3.28. The van der Waals surface area contributed by atoms with Gasteiger partial charge in [-0.15, -0.1) is 0 Å². The Morgan fingerprint density at radius 3 is 2.53 bits per heavy atom. The normalized spacial score (nSPS) is 19.4. The number of phenolic OH excluding ortho intramolecular Hbond substituents is 1. The summed E-state index contributed by atoms with van der Waals surface area (Å²) in [6, 6.07) is 2.66. The van der Waals surface area contributed by atoms with Crippen LogP contribution in [-0.2, 0) is 5.54 Å². The Labute approximate surface area is 92.9 Å². The lowest BCUT2D eigenvalue weighted by atomic mass is 9.88. The second-order valence-electron chi connectivity index (χ2n) is 4.15. The van der Waals surface area contributed by atoms with Gasteiger partial charge in [-0.1, -0.05) is 24.4 Å². The average Bonchev–Trinajstić information content (AvgIpc) is 2.59. The molecule has 4 heteroatoms. The first-order valence-corrected chi connectivity index (χ1v) is 5.38. The Morgan fingerprint density at radius 2 is 1.93 bits per heavy atom. The number of aromatic hydroxyl groups is 1. The van der Waals surface area contributed by atoms with Crippen LogP contribution in [0.15, 0.2) is 12.1 Å². The fourth-order valence-corrected chi connectivity index (χ4v) is 2.43. The van der Waals surface area contributed by atoms with Gasteiger partial charge in [0.25, 0.3) is 0 Å². The number of hydrogen-bond donors (Lipinski definition) is 2. The van der Waals surface area contributed by atoms with E-state index in [9.17, 15) is 9.50 Å². The largest absolute Gasteiger partial charge is 0.505 e. The summed E-state index contributed by atoms with van der Waals surface area (Å²) in [5.74, 6) is -1.06. The van der Waals surface area contributed by atoms with Crippen molar-refractivity contribution in [2.75, 3.05) is 0 Å².